The van der Waals surface area contributed by atoms with E-state index in [-0.39, 0.29) is 6.29 Å². The molecule has 1 fully saturated rings. The highest BCUT2D eigenvalue weighted by molar-refractivity contribution is 4.91. The van der Waals surface area contributed by atoms with Gasteiger partial charge in [0.05, 0.1) is 25.5 Å². The number of hydrogen-bond donors (Lipinski definition) is 1. The number of aromatic nitrogens is 3. The molecule has 1 aromatic rings. The summed E-state index contributed by atoms with van der Waals surface area (Å²) in [6.45, 7) is 4.32. The summed E-state index contributed by atoms with van der Waals surface area (Å²) in [6.07, 6.45) is 5.22. The first-order valence-electron chi connectivity index (χ1n) is 7.20. The summed E-state index contributed by atoms with van der Waals surface area (Å²) in [6, 6.07) is 0. The monoisotopic (exact) mass is 284 g/mol. The summed E-state index contributed by atoms with van der Waals surface area (Å²) in [5.74, 6) is 0. The molecule has 1 aliphatic heterocycles. The second-order valence-electron chi connectivity index (χ2n) is 4.81. The molecule has 1 aliphatic rings. The van der Waals surface area contributed by atoms with Gasteiger partial charge in [0.15, 0.2) is 6.29 Å². The molecule has 0 bridgehead atoms. The van der Waals surface area contributed by atoms with Crippen LogP contribution in [0.25, 0.3) is 0 Å². The Morgan fingerprint density at radius 3 is 3.20 bits per heavy atom. The van der Waals surface area contributed by atoms with Gasteiger partial charge in [-0.25, -0.2) is 4.68 Å². The maximum atomic E-state index is 5.67. The Kier molecular flexibility index (Phi) is 6.93. The SMILES string of the molecule is COCCNCc1cn(CCOC2CCCCO2)nn1. The fourth-order valence-electron chi connectivity index (χ4n) is 2.04. The van der Waals surface area contributed by atoms with E-state index in [0.717, 1.165) is 31.7 Å². The van der Waals surface area contributed by atoms with Crippen LogP contribution in [-0.4, -0.2) is 54.8 Å². The van der Waals surface area contributed by atoms with Crippen LogP contribution in [0.1, 0.15) is 25.0 Å². The van der Waals surface area contributed by atoms with Crippen molar-refractivity contribution >= 4 is 0 Å². The van der Waals surface area contributed by atoms with Crippen molar-refractivity contribution in [2.24, 2.45) is 0 Å². The van der Waals surface area contributed by atoms with Gasteiger partial charge in [-0.3, -0.25) is 0 Å². The van der Waals surface area contributed by atoms with Crippen molar-refractivity contribution in [3.05, 3.63) is 11.9 Å². The van der Waals surface area contributed by atoms with E-state index in [1.807, 2.05) is 6.20 Å². The van der Waals surface area contributed by atoms with Gasteiger partial charge >= 0.3 is 0 Å². The molecule has 0 aromatic carbocycles. The Hall–Kier alpha value is -1.02. The summed E-state index contributed by atoms with van der Waals surface area (Å²) in [4.78, 5) is 0. The van der Waals surface area contributed by atoms with Crippen LogP contribution < -0.4 is 5.32 Å². The topological polar surface area (TPSA) is 70.4 Å². The lowest BCUT2D eigenvalue weighted by Gasteiger charge is -2.22. The molecule has 0 saturated carbocycles. The number of methoxy groups -OCH3 is 1. The summed E-state index contributed by atoms with van der Waals surface area (Å²) in [7, 11) is 1.69. The van der Waals surface area contributed by atoms with Gasteiger partial charge < -0.3 is 19.5 Å². The first kappa shape index (κ1) is 15.4. The van der Waals surface area contributed by atoms with E-state index in [1.54, 1.807) is 11.8 Å². The molecular weight excluding hydrogens is 260 g/mol. The average Bonchev–Trinajstić information content (AvgIpc) is 2.93. The number of ether oxygens (including phenoxy) is 3. The lowest BCUT2D eigenvalue weighted by Crippen LogP contribution is -2.24. The maximum Gasteiger partial charge on any atom is 0.157 e. The number of rotatable bonds is 9. The molecule has 1 unspecified atom stereocenters. The molecule has 0 aliphatic carbocycles. The highest BCUT2D eigenvalue weighted by atomic mass is 16.7. The first-order valence-corrected chi connectivity index (χ1v) is 7.20. The fraction of sp³-hybridized carbons (Fsp3) is 0.846. The largest absolute Gasteiger partial charge is 0.383 e. The maximum absolute atomic E-state index is 5.67. The fourth-order valence-corrected chi connectivity index (χ4v) is 2.04. The van der Waals surface area contributed by atoms with Crippen molar-refractivity contribution in [3.63, 3.8) is 0 Å². The van der Waals surface area contributed by atoms with Crippen LogP contribution in [0.5, 0.6) is 0 Å². The quantitative estimate of drug-likeness (QED) is 0.668. The highest BCUT2D eigenvalue weighted by Crippen LogP contribution is 2.13. The number of nitrogens with one attached hydrogen (secondary N) is 1. The van der Waals surface area contributed by atoms with E-state index in [4.69, 9.17) is 14.2 Å². The van der Waals surface area contributed by atoms with Gasteiger partial charge in [0.25, 0.3) is 0 Å². The first-order chi connectivity index (χ1) is 9.88. The Bertz CT molecular complexity index is 366. The van der Waals surface area contributed by atoms with Crippen LogP contribution in [-0.2, 0) is 27.3 Å². The second kappa shape index (κ2) is 9.02. The molecule has 114 valence electrons. The van der Waals surface area contributed by atoms with Gasteiger partial charge in [-0.05, 0) is 19.3 Å². The molecule has 1 aromatic heterocycles. The second-order valence-corrected chi connectivity index (χ2v) is 4.81. The molecule has 0 amide bonds. The predicted octanol–water partition coefficient (Wildman–Crippen LogP) is 0.557. The Labute approximate surface area is 119 Å². The summed E-state index contributed by atoms with van der Waals surface area (Å²) >= 11 is 0. The van der Waals surface area contributed by atoms with E-state index >= 15 is 0 Å². The third-order valence-corrected chi connectivity index (χ3v) is 3.14. The molecule has 1 saturated heterocycles. The minimum absolute atomic E-state index is 0.0394. The van der Waals surface area contributed by atoms with Gasteiger partial charge in [-0.15, -0.1) is 5.10 Å². The van der Waals surface area contributed by atoms with E-state index in [2.05, 4.69) is 15.6 Å². The molecule has 20 heavy (non-hydrogen) atoms. The normalized spacial score (nSPS) is 19.4. The summed E-state index contributed by atoms with van der Waals surface area (Å²) in [5, 5.41) is 11.4. The van der Waals surface area contributed by atoms with Crippen molar-refractivity contribution in [1.82, 2.24) is 20.3 Å². The minimum atomic E-state index is -0.0394. The van der Waals surface area contributed by atoms with Crippen molar-refractivity contribution < 1.29 is 14.2 Å². The smallest absolute Gasteiger partial charge is 0.157 e. The van der Waals surface area contributed by atoms with Crippen molar-refractivity contribution in [3.8, 4) is 0 Å². The average molecular weight is 284 g/mol. The molecular formula is C13H24N4O3. The molecule has 1 N–H and O–H groups in total. The molecule has 2 rings (SSSR count). The van der Waals surface area contributed by atoms with Crippen LogP contribution in [0, 0.1) is 0 Å². The van der Waals surface area contributed by atoms with Gasteiger partial charge in [-0.2, -0.15) is 0 Å². The Morgan fingerprint density at radius 1 is 1.45 bits per heavy atom. The van der Waals surface area contributed by atoms with Crippen LogP contribution in [0.2, 0.25) is 0 Å². The molecule has 7 heteroatoms. The summed E-state index contributed by atoms with van der Waals surface area (Å²) in [5.41, 5.74) is 0.926. The van der Waals surface area contributed by atoms with Crippen LogP contribution in [0.4, 0.5) is 0 Å². The van der Waals surface area contributed by atoms with Crippen LogP contribution >= 0.6 is 0 Å². The molecule has 0 spiro atoms. The van der Waals surface area contributed by atoms with Gasteiger partial charge in [0.1, 0.15) is 0 Å². The van der Waals surface area contributed by atoms with Gasteiger partial charge in [0, 0.05) is 33.0 Å². The minimum Gasteiger partial charge on any atom is -0.383 e. The van der Waals surface area contributed by atoms with Crippen LogP contribution in [0.3, 0.4) is 0 Å². The van der Waals surface area contributed by atoms with E-state index in [9.17, 15) is 0 Å². The zero-order chi connectivity index (χ0) is 14.0. The van der Waals surface area contributed by atoms with E-state index in [0.29, 0.717) is 26.3 Å². The van der Waals surface area contributed by atoms with E-state index in [1.165, 1.54) is 6.42 Å². The molecule has 2 heterocycles. The molecule has 1 atom stereocenters. The molecule has 0 radical (unpaired) electrons. The number of nitrogens with zero attached hydrogens (tertiary/aromatic N) is 3. The van der Waals surface area contributed by atoms with Gasteiger partial charge in [0.2, 0.25) is 0 Å². The molecule has 7 nitrogen and oxygen atoms in total. The van der Waals surface area contributed by atoms with Crippen LogP contribution in [0.15, 0.2) is 6.20 Å². The Morgan fingerprint density at radius 2 is 2.40 bits per heavy atom. The number of hydrogen-bond acceptors (Lipinski definition) is 6. The Balaban J connectivity index is 1.59. The lowest BCUT2D eigenvalue weighted by atomic mass is 10.2. The third-order valence-electron chi connectivity index (χ3n) is 3.14. The predicted molar refractivity (Wildman–Crippen MR) is 73.1 cm³/mol. The standard InChI is InChI=1S/C13H24N4O3/c1-18-8-5-14-10-12-11-17(16-15-12)6-9-20-13-4-2-3-7-19-13/h11,13-14H,2-10H2,1H3. The van der Waals surface area contributed by atoms with Gasteiger partial charge in [-0.1, -0.05) is 5.21 Å². The van der Waals surface area contributed by atoms with Crippen molar-refractivity contribution in [1.29, 1.82) is 0 Å². The zero-order valence-corrected chi connectivity index (χ0v) is 12.1. The highest BCUT2D eigenvalue weighted by Gasteiger charge is 2.13. The van der Waals surface area contributed by atoms with E-state index < -0.39 is 0 Å². The van der Waals surface area contributed by atoms with Crippen molar-refractivity contribution in [2.45, 2.75) is 38.6 Å². The summed E-state index contributed by atoms with van der Waals surface area (Å²) < 4.78 is 17.9. The van der Waals surface area contributed by atoms with Crippen molar-refractivity contribution in [2.75, 3.05) is 33.5 Å². The zero-order valence-electron chi connectivity index (χ0n) is 12.1. The lowest BCUT2D eigenvalue weighted by molar-refractivity contribution is -0.163. The third kappa shape index (κ3) is 5.54.